The average molecular weight is 240 g/mol. The van der Waals surface area contributed by atoms with Crippen LogP contribution >= 0.6 is 11.3 Å². The molecular formula is C13H24N2S. The van der Waals surface area contributed by atoms with Crippen LogP contribution in [0.25, 0.3) is 0 Å². The maximum Gasteiger partial charge on any atom is 0.0794 e. The van der Waals surface area contributed by atoms with Gasteiger partial charge in [0.15, 0.2) is 0 Å². The number of nitrogens with one attached hydrogen (secondary N) is 1. The van der Waals surface area contributed by atoms with Crippen LogP contribution in [0.5, 0.6) is 0 Å². The molecule has 0 fully saturated rings. The molecular weight excluding hydrogens is 216 g/mol. The first-order valence-corrected chi connectivity index (χ1v) is 7.17. The van der Waals surface area contributed by atoms with Gasteiger partial charge >= 0.3 is 0 Å². The van der Waals surface area contributed by atoms with Gasteiger partial charge in [-0.2, -0.15) is 0 Å². The fourth-order valence-corrected chi connectivity index (χ4v) is 2.69. The number of rotatable bonds is 7. The molecule has 0 aliphatic carbocycles. The first kappa shape index (κ1) is 13.7. The summed E-state index contributed by atoms with van der Waals surface area (Å²) in [4.78, 5) is 5.46. The molecule has 1 heterocycles. The molecule has 92 valence electrons. The summed E-state index contributed by atoms with van der Waals surface area (Å²) < 4.78 is 0. The second-order valence-electron chi connectivity index (χ2n) is 4.57. The largest absolute Gasteiger partial charge is 0.309 e. The normalized spacial score (nSPS) is 14.0. The van der Waals surface area contributed by atoms with Crippen molar-refractivity contribution in [3.8, 4) is 0 Å². The molecule has 0 saturated carbocycles. The van der Waals surface area contributed by atoms with Gasteiger partial charge in [0, 0.05) is 23.7 Å². The van der Waals surface area contributed by atoms with Gasteiger partial charge in [-0.1, -0.05) is 20.8 Å². The minimum absolute atomic E-state index is 0.427. The van der Waals surface area contributed by atoms with Crippen LogP contribution in [-0.4, -0.2) is 11.5 Å². The molecule has 0 saturated heterocycles. The van der Waals surface area contributed by atoms with E-state index in [1.165, 1.54) is 24.1 Å². The predicted octanol–water partition coefficient (Wildman–Crippen LogP) is 4.01. The van der Waals surface area contributed by atoms with Gasteiger partial charge in [-0.15, -0.1) is 11.3 Å². The first-order valence-electron chi connectivity index (χ1n) is 6.29. The van der Waals surface area contributed by atoms with Crippen LogP contribution in [0.3, 0.4) is 0 Å². The Kier molecular flexibility index (Phi) is 5.42. The van der Waals surface area contributed by atoms with Crippen LogP contribution in [0.1, 0.15) is 57.9 Å². The van der Waals surface area contributed by atoms with Gasteiger partial charge in [0.1, 0.15) is 0 Å². The summed E-state index contributed by atoms with van der Waals surface area (Å²) in [7, 11) is 0. The van der Waals surface area contributed by atoms with E-state index in [9.17, 15) is 0 Å². The molecule has 0 radical (unpaired) electrons. The summed E-state index contributed by atoms with van der Waals surface area (Å²) in [5.41, 5.74) is 2.37. The molecule has 0 aliphatic heterocycles. The third-order valence-corrected chi connectivity index (χ3v) is 4.87. The summed E-state index contributed by atoms with van der Waals surface area (Å²) >= 11 is 1.73. The van der Waals surface area contributed by atoms with Gasteiger partial charge in [-0.3, -0.25) is 4.98 Å². The lowest BCUT2D eigenvalue weighted by molar-refractivity contribution is 0.230. The Balaban J connectivity index is 2.49. The zero-order valence-electron chi connectivity index (χ0n) is 10.9. The van der Waals surface area contributed by atoms with Crippen molar-refractivity contribution < 1.29 is 0 Å². The second-order valence-corrected chi connectivity index (χ2v) is 5.48. The molecule has 1 aromatic rings. The van der Waals surface area contributed by atoms with E-state index in [1.807, 2.05) is 11.7 Å². The van der Waals surface area contributed by atoms with Crippen LogP contribution in [0.4, 0.5) is 0 Å². The van der Waals surface area contributed by atoms with E-state index in [0.717, 1.165) is 6.54 Å². The van der Waals surface area contributed by atoms with Crippen LogP contribution in [0, 0.1) is 5.41 Å². The van der Waals surface area contributed by atoms with Gasteiger partial charge in [-0.25, -0.2) is 0 Å². The second kappa shape index (κ2) is 6.36. The molecule has 1 N–H and O–H groups in total. The summed E-state index contributed by atoms with van der Waals surface area (Å²) in [5, 5.41) is 3.65. The summed E-state index contributed by atoms with van der Waals surface area (Å²) in [6.45, 7) is 10.2. The molecule has 0 aliphatic rings. The molecule has 0 amide bonds. The van der Waals surface area contributed by atoms with E-state index < -0.39 is 0 Å². The maximum atomic E-state index is 4.13. The Hall–Kier alpha value is -0.410. The summed E-state index contributed by atoms with van der Waals surface area (Å²) in [6, 6.07) is 0.427. The molecule has 1 unspecified atom stereocenters. The van der Waals surface area contributed by atoms with E-state index >= 15 is 0 Å². The number of aromatic nitrogens is 1. The summed E-state index contributed by atoms with van der Waals surface area (Å²) in [6.07, 6.45) is 5.72. The lowest BCUT2D eigenvalue weighted by Gasteiger charge is -2.32. The standard InChI is InChI=1S/C13H24N2S/c1-5-13(6-2,7-3)9-15-11(4)12-8-14-10-16-12/h8,10-11,15H,5-7,9H2,1-4H3. The fraction of sp³-hybridized carbons (Fsp3) is 0.769. The SMILES string of the molecule is CCC(CC)(CC)CNC(C)c1cncs1. The smallest absolute Gasteiger partial charge is 0.0794 e. The minimum atomic E-state index is 0.427. The lowest BCUT2D eigenvalue weighted by atomic mass is 9.79. The number of hydrogen-bond donors (Lipinski definition) is 1. The molecule has 0 spiro atoms. The number of nitrogens with zero attached hydrogens (tertiary/aromatic N) is 1. The molecule has 16 heavy (non-hydrogen) atoms. The third-order valence-electron chi connectivity index (χ3n) is 3.91. The highest BCUT2D eigenvalue weighted by molar-refractivity contribution is 7.09. The summed E-state index contributed by atoms with van der Waals surface area (Å²) in [5.74, 6) is 0. The third kappa shape index (κ3) is 3.29. The van der Waals surface area contributed by atoms with Gasteiger partial charge < -0.3 is 5.32 Å². The highest BCUT2D eigenvalue weighted by Gasteiger charge is 2.24. The zero-order valence-corrected chi connectivity index (χ0v) is 11.7. The van der Waals surface area contributed by atoms with Gasteiger partial charge in [-0.05, 0) is 31.6 Å². The van der Waals surface area contributed by atoms with Gasteiger partial charge in [0.05, 0.1) is 5.51 Å². The van der Waals surface area contributed by atoms with E-state index in [4.69, 9.17) is 0 Å². The predicted molar refractivity (Wildman–Crippen MR) is 71.8 cm³/mol. The van der Waals surface area contributed by atoms with Crippen molar-refractivity contribution in [1.82, 2.24) is 10.3 Å². The van der Waals surface area contributed by atoms with E-state index in [2.05, 4.69) is 38.0 Å². The molecule has 2 nitrogen and oxygen atoms in total. The first-order chi connectivity index (χ1) is 7.67. The fourth-order valence-electron chi connectivity index (χ4n) is 2.03. The number of hydrogen-bond acceptors (Lipinski definition) is 3. The Morgan fingerprint density at radius 3 is 2.38 bits per heavy atom. The highest BCUT2D eigenvalue weighted by Crippen LogP contribution is 2.30. The lowest BCUT2D eigenvalue weighted by Crippen LogP contribution is -2.34. The quantitative estimate of drug-likeness (QED) is 0.779. The average Bonchev–Trinajstić information content (AvgIpc) is 2.85. The van der Waals surface area contributed by atoms with Crippen LogP contribution < -0.4 is 5.32 Å². The van der Waals surface area contributed by atoms with Crippen molar-refractivity contribution in [1.29, 1.82) is 0 Å². The zero-order chi connectivity index (χ0) is 12.0. The van der Waals surface area contributed by atoms with E-state index in [-0.39, 0.29) is 0 Å². The van der Waals surface area contributed by atoms with Gasteiger partial charge in [0.25, 0.3) is 0 Å². The van der Waals surface area contributed by atoms with Gasteiger partial charge in [0.2, 0.25) is 0 Å². The monoisotopic (exact) mass is 240 g/mol. The molecule has 3 heteroatoms. The van der Waals surface area contributed by atoms with E-state index in [1.54, 1.807) is 11.3 Å². The van der Waals surface area contributed by atoms with Crippen molar-refractivity contribution in [2.45, 2.75) is 53.0 Å². The molecule has 1 rings (SSSR count). The Bertz CT molecular complexity index is 270. The van der Waals surface area contributed by atoms with Crippen molar-refractivity contribution in [3.63, 3.8) is 0 Å². The van der Waals surface area contributed by atoms with Crippen molar-refractivity contribution in [3.05, 3.63) is 16.6 Å². The molecule has 1 atom stereocenters. The van der Waals surface area contributed by atoms with Crippen molar-refractivity contribution >= 4 is 11.3 Å². The molecule has 1 aromatic heterocycles. The molecule has 0 bridgehead atoms. The maximum absolute atomic E-state index is 4.13. The van der Waals surface area contributed by atoms with E-state index in [0.29, 0.717) is 11.5 Å². The van der Waals surface area contributed by atoms with Crippen LogP contribution in [0.2, 0.25) is 0 Å². The Morgan fingerprint density at radius 1 is 1.31 bits per heavy atom. The molecule has 0 aromatic carbocycles. The Labute approximate surface area is 103 Å². The van der Waals surface area contributed by atoms with Crippen LogP contribution in [0.15, 0.2) is 11.7 Å². The minimum Gasteiger partial charge on any atom is -0.309 e. The van der Waals surface area contributed by atoms with Crippen LogP contribution in [-0.2, 0) is 0 Å². The van der Waals surface area contributed by atoms with Crippen molar-refractivity contribution in [2.75, 3.05) is 6.54 Å². The number of thiazole rings is 1. The topological polar surface area (TPSA) is 24.9 Å². The van der Waals surface area contributed by atoms with Crippen molar-refractivity contribution in [2.24, 2.45) is 5.41 Å². The Morgan fingerprint density at radius 2 is 1.94 bits per heavy atom. The highest BCUT2D eigenvalue weighted by atomic mass is 32.1.